The van der Waals surface area contributed by atoms with Gasteiger partial charge in [0, 0.05) is 13.1 Å². The molecule has 2 heterocycles. The highest BCUT2D eigenvalue weighted by Gasteiger charge is 2.02. The van der Waals surface area contributed by atoms with E-state index < -0.39 is 0 Å². The molecule has 1 aromatic heterocycles. The highest BCUT2D eigenvalue weighted by molar-refractivity contribution is 5.79. The van der Waals surface area contributed by atoms with E-state index in [2.05, 4.69) is 30.8 Å². The minimum Gasteiger partial charge on any atom is -0.356 e. The van der Waals surface area contributed by atoms with Gasteiger partial charge in [-0.3, -0.25) is 10.1 Å². The molecule has 0 aliphatic carbocycles. The average molecular weight is 194 g/mol. The maximum absolute atomic E-state index is 4.35. The van der Waals surface area contributed by atoms with E-state index >= 15 is 0 Å². The molecule has 0 amide bonds. The van der Waals surface area contributed by atoms with Crippen molar-refractivity contribution in [2.75, 3.05) is 13.1 Å². The van der Waals surface area contributed by atoms with Crippen LogP contribution in [0.15, 0.2) is 11.3 Å². The zero-order valence-corrected chi connectivity index (χ0v) is 7.95. The van der Waals surface area contributed by atoms with Crippen molar-refractivity contribution in [2.24, 2.45) is 4.99 Å². The first-order chi connectivity index (χ1) is 6.95. The lowest BCUT2D eigenvalue weighted by atomic mass is 10.3. The Balaban J connectivity index is 1.82. The predicted octanol–water partition coefficient (Wildman–Crippen LogP) is -0.366. The second kappa shape index (κ2) is 4.59. The molecule has 0 unspecified atom stereocenters. The van der Waals surface area contributed by atoms with Gasteiger partial charge in [-0.1, -0.05) is 0 Å². The second-order valence-corrected chi connectivity index (χ2v) is 3.15. The summed E-state index contributed by atoms with van der Waals surface area (Å²) < 4.78 is 0. The van der Waals surface area contributed by atoms with Gasteiger partial charge in [-0.25, -0.2) is 4.98 Å². The number of nitrogens with one attached hydrogen (secondary N) is 3. The molecular formula is C8H14N6. The number of nitrogens with zero attached hydrogens (tertiary/aromatic N) is 3. The van der Waals surface area contributed by atoms with Crippen molar-refractivity contribution in [3.05, 3.63) is 12.2 Å². The van der Waals surface area contributed by atoms with E-state index in [1.165, 1.54) is 12.7 Å². The molecule has 0 atom stereocenters. The normalized spacial score (nSPS) is 16.7. The smallest absolute Gasteiger partial charge is 0.191 e. The van der Waals surface area contributed by atoms with Crippen LogP contribution in [-0.2, 0) is 6.54 Å². The second-order valence-electron chi connectivity index (χ2n) is 3.15. The predicted molar refractivity (Wildman–Crippen MR) is 52.8 cm³/mol. The Morgan fingerprint density at radius 3 is 3.29 bits per heavy atom. The van der Waals surface area contributed by atoms with Crippen molar-refractivity contribution < 1.29 is 0 Å². The van der Waals surface area contributed by atoms with Crippen LogP contribution in [0.2, 0.25) is 0 Å². The van der Waals surface area contributed by atoms with Gasteiger partial charge in [0.15, 0.2) is 5.96 Å². The number of rotatable bonds is 2. The van der Waals surface area contributed by atoms with Crippen LogP contribution in [0.5, 0.6) is 0 Å². The van der Waals surface area contributed by atoms with E-state index in [0.717, 1.165) is 31.3 Å². The SMILES string of the molecule is c1n[nH]c(CNC2=NCCCCN2)n1. The Kier molecular flexibility index (Phi) is 2.95. The minimum absolute atomic E-state index is 0.631. The number of aromatic nitrogens is 3. The van der Waals surface area contributed by atoms with Gasteiger partial charge in [-0.2, -0.15) is 5.10 Å². The number of aromatic amines is 1. The largest absolute Gasteiger partial charge is 0.356 e. The molecule has 6 heteroatoms. The third kappa shape index (κ3) is 2.45. The van der Waals surface area contributed by atoms with Crippen molar-refractivity contribution in [1.29, 1.82) is 0 Å². The van der Waals surface area contributed by atoms with Crippen molar-refractivity contribution in [2.45, 2.75) is 19.4 Å². The zero-order chi connectivity index (χ0) is 9.64. The van der Waals surface area contributed by atoms with Crippen LogP contribution < -0.4 is 10.6 Å². The molecule has 2 rings (SSSR count). The van der Waals surface area contributed by atoms with Gasteiger partial charge >= 0.3 is 0 Å². The number of H-pyrrole nitrogens is 1. The third-order valence-electron chi connectivity index (χ3n) is 2.04. The fraction of sp³-hybridized carbons (Fsp3) is 0.625. The van der Waals surface area contributed by atoms with Crippen LogP contribution in [0.25, 0.3) is 0 Å². The molecule has 14 heavy (non-hydrogen) atoms. The maximum atomic E-state index is 4.35. The standard InChI is InChI=1S/C8H14N6/c1-2-4-10-8(9-3-1)11-5-7-12-6-13-14-7/h6H,1-5H2,(H2,9,10,11)(H,12,13,14). The summed E-state index contributed by atoms with van der Waals surface area (Å²) in [6.45, 7) is 2.51. The van der Waals surface area contributed by atoms with Gasteiger partial charge in [-0.05, 0) is 12.8 Å². The van der Waals surface area contributed by atoms with Gasteiger partial charge < -0.3 is 10.6 Å². The summed E-state index contributed by atoms with van der Waals surface area (Å²) in [5, 5.41) is 12.9. The lowest BCUT2D eigenvalue weighted by Crippen LogP contribution is -2.36. The molecule has 1 aromatic rings. The first-order valence-corrected chi connectivity index (χ1v) is 4.81. The van der Waals surface area contributed by atoms with Crippen LogP contribution >= 0.6 is 0 Å². The lowest BCUT2D eigenvalue weighted by Gasteiger charge is -2.07. The Labute approximate surface area is 82.2 Å². The molecule has 1 aliphatic heterocycles. The Morgan fingerprint density at radius 1 is 1.43 bits per heavy atom. The summed E-state index contributed by atoms with van der Waals surface area (Å²) in [5.74, 6) is 1.68. The van der Waals surface area contributed by atoms with Crippen molar-refractivity contribution in [3.63, 3.8) is 0 Å². The number of aliphatic imine (C=N–C) groups is 1. The van der Waals surface area contributed by atoms with Crippen LogP contribution in [-0.4, -0.2) is 34.2 Å². The molecule has 0 fully saturated rings. The van der Waals surface area contributed by atoms with Crippen LogP contribution in [0.3, 0.4) is 0 Å². The van der Waals surface area contributed by atoms with Gasteiger partial charge in [0.2, 0.25) is 0 Å². The van der Waals surface area contributed by atoms with E-state index in [0.29, 0.717) is 6.54 Å². The van der Waals surface area contributed by atoms with E-state index in [-0.39, 0.29) is 0 Å². The Morgan fingerprint density at radius 2 is 2.43 bits per heavy atom. The minimum atomic E-state index is 0.631. The first-order valence-electron chi connectivity index (χ1n) is 4.81. The molecule has 3 N–H and O–H groups in total. The molecule has 1 aliphatic rings. The lowest BCUT2D eigenvalue weighted by molar-refractivity contribution is 0.738. The van der Waals surface area contributed by atoms with E-state index in [1.807, 2.05) is 0 Å². The van der Waals surface area contributed by atoms with Crippen LogP contribution in [0.4, 0.5) is 0 Å². The quantitative estimate of drug-likeness (QED) is 0.600. The maximum Gasteiger partial charge on any atom is 0.191 e. The number of hydrogen-bond acceptors (Lipinski definition) is 5. The van der Waals surface area contributed by atoms with E-state index in [1.54, 1.807) is 0 Å². The number of guanidine groups is 1. The Bertz CT molecular complexity index is 291. The molecular weight excluding hydrogens is 180 g/mol. The molecule has 0 aromatic carbocycles. The van der Waals surface area contributed by atoms with E-state index in [9.17, 15) is 0 Å². The summed E-state index contributed by atoms with van der Waals surface area (Å²) in [6, 6.07) is 0. The van der Waals surface area contributed by atoms with Crippen molar-refractivity contribution in [1.82, 2.24) is 25.8 Å². The molecule has 6 nitrogen and oxygen atoms in total. The van der Waals surface area contributed by atoms with Gasteiger partial charge in [-0.15, -0.1) is 0 Å². The molecule has 76 valence electrons. The summed E-state index contributed by atoms with van der Waals surface area (Å²) in [4.78, 5) is 8.37. The van der Waals surface area contributed by atoms with Gasteiger partial charge in [0.25, 0.3) is 0 Å². The topological polar surface area (TPSA) is 78.0 Å². The first kappa shape index (κ1) is 8.98. The summed E-state index contributed by atoms with van der Waals surface area (Å²) in [5.41, 5.74) is 0. The van der Waals surface area contributed by atoms with Crippen molar-refractivity contribution in [3.8, 4) is 0 Å². The van der Waals surface area contributed by atoms with Crippen LogP contribution in [0, 0.1) is 0 Å². The highest BCUT2D eigenvalue weighted by atomic mass is 15.2. The van der Waals surface area contributed by atoms with E-state index in [4.69, 9.17) is 0 Å². The van der Waals surface area contributed by atoms with Gasteiger partial charge in [0.05, 0.1) is 6.54 Å². The molecule has 0 bridgehead atoms. The van der Waals surface area contributed by atoms with Crippen molar-refractivity contribution >= 4 is 5.96 Å². The summed E-state index contributed by atoms with van der Waals surface area (Å²) in [7, 11) is 0. The highest BCUT2D eigenvalue weighted by Crippen LogP contribution is 1.93. The monoisotopic (exact) mass is 194 g/mol. The average Bonchev–Trinajstić information content (AvgIpc) is 2.58. The third-order valence-corrected chi connectivity index (χ3v) is 2.04. The summed E-state index contributed by atoms with van der Waals surface area (Å²) >= 11 is 0. The Hall–Kier alpha value is -1.59. The molecule has 0 radical (unpaired) electrons. The molecule has 0 saturated heterocycles. The fourth-order valence-electron chi connectivity index (χ4n) is 1.29. The van der Waals surface area contributed by atoms with Crippen LogP contribution in [0.1, 0.15) is 18.7 Å². The molecule has 0 saturated carbocycles. The van der Waals surface area contributed by atoms with Gasteiger partial charge in [0.1, 0.15) is 12.2 Å². The summed E-state index contributed by atoms with van der Waals surface area (Å²) in [6.07, 6.45) is 3.83. The fourth-order valence-corrected chi connectivity index (χ4v) is 1.29. The zero-order valence-electron chi connectivity index (χ0n) is 7.95. The number of hydrogen-bond donors (Lipinski definition) is 3. The molecule has 0 spiro atoms.